The highest BCUT2D eigenvalue weighted by Gasteiger charge is 2.52. The molecule has 1 aromatic heterocycles. The van der Waals surface area contributed by atoms with Gasteiger partial charge in [0.05, 0.1) is 41.6 Å². The van der Waals surface area contributed by atoms with E-state index in [1.807, 2.05) is 48.6 Å². The maximum atomic E-state index is 14.4. The van der Waals surface area contributed by atoms with Crippen molar-refractivity contribution < 1.29 is 19.1 Å². The lowest BCUT2D eigenvalue weighted by atomic mass is 9.98. The van der Waals surface area contributed by atoms with Gasteiger partial charge < -0.3 is 31.0 Å². The molecule has 13 nitrogen and oxygen atoms in total. The molecule has 4 aliphatic rings. The number of aromatic nitrogens is 1. The third kappa shape index (κ3) is 6.09. The molecule has 0 saturated carbocycles. The Bertz CT molecular complexity index is 1870. The summed E-state index contributed by atoms with van der Waals surface area (Å²) in [5.74, 6) is 2.17. The number of amides is 4. The van der Waals surface area contributed by atoms with E-state index in [-0.39, 0.29) is 44.1 Å². The van der Waals surface area contributed by atoms with E-state index in [0.717, 1.165) is 38.2 Å². The van der Waals surface area contributed by atoms with Gasteiger partial charge in [-0.3, -0.25) is 9.59 Å². The van der Waals surface area contributed by atoms with Crippen LogP contribution in [0.3, 0.4) is 0 Å². The molecule has 2 fully saturated rings. The van der Waals surface area contributed by atoms with E-state index in [9.17, 15) is 14.4 Å². The normalized spacial score (nSPS) is 21.9. The third-order valence-corrected chi connectivity index (χ3v) is 10.1. The fourth-order valence-corrected chi connectivity index (χ4v) is 7.61. The maximum absolute atomic E-state index is 14.4. The van der Waals surface area contributed by atoms with Crippen molar-refractivity contribution in [3.63, 3.8) is 0 Å². The number of hydrogen-bond acceptors (Lipinski definition) is 10. The fourth-order valence-electron chi connectivity index (χ4n) is 6.83. The zero-order chi connectivity index (χ0) is 33.4. The number of ether oxygens (including phenoxy) is 1. The Morgan fingerprint density at radius 3 is 2.96 bits per heavy atom. The number of hydrogen-bond donors (Lipinski definition) is 4. The van der Waals surface area contributed by atoms with Crippen molar-refractivity contribution in [2.75, 3.05) is 44.4 Å². The molecule has 1 aliphatic carbocycles. The summed E-state index contributed by atoms with van der Waals surface area (Å²) >= 11 is 1.39. The number of anilines is 2. The van der Waals surface area contributed by atoms with Crippen LogP contribution in [0.5, 0.6) is 0 Å². The van der Waals surface area contributed by atoms with Crippen LogP contribution in [0.4, 0.5) is 15.6 Å². The average molecular weight is 668 g/mol. The van der Waals surface area contributed by atoms with Gasteiger partial charge in [-0.15, -0.1) is 6.42 Å². The van der Waals surface area contributed by atoms with Gasteiger partial charge in [0.15, 0.2) is 5.13 Å². The smallest absolute Gasteiger partial charge is 0.333 e. The molecule has 248 valence electrons. The predicted molar refractivity (Wildman–Crippen MR) is 183 cm³/mol. The number of terminal acetylenes is 1. The molecule has 3 aromatic rings. The molecule has 14 heteroatoms. The lowest BCUT2D eigenvalue weighted by Crippen LogP contribution is -2.66. The second-order valence-corrected chi connectivity index (χ2v) is 13.2. The Morgan fingerprint density at radius 1 is 1.29 bits per heavy atom. The molecule has 48 heavy (non-hydrogen) atoms. The first-order chi connectivity index (χ1) is 23.3. The summed E-state index contributed by atoms with van der Waals surface area (Å²) in [5.41, 5.74) is 17.8. The molecular formula is C34H37N9O4S. The number of fused-ring (bicyclic) bond motifs is 3. The van der Waals surface area contributed by atoms with Crippen molar-refractivity contribution in [2.45, 2.75) is 44.2 Å². The van der Waals surface area contributed by atoms with Crippen LogP contribution in [-0.2, 0) is 33.8 Å². The van der Waals surface area contributed by atoms with E-state index in [1.54, 1.807) is 21.9 Å². The summed E-state index contributed by atoms with van der Waals surface area (Å²) in [6.45, 7) is 1.25. The molecule has 2 saturated heterocycles. The molecule has 3 atom stereocenters. The first kappa shape index (κ1) is 31.6. The monoisotopic (exact) mass is 667 g/mol. The minimum Gasteiger partial charge on any atom is -0.377 e. The lowest BCUT2D eigenvalue weighted by Gasteiger charge is -2.46. The van der Waals surface area contributed by atoms with E-state index < -0.39 is 18.2 Å². The molecule has 2 aromatic carbocycles. The van der Waals surface area contributed by atoms with Crippen molar-refractivity contribution in [3.8, 4) is 12.3 Å². The number of carbonyl (C=O) groups is 3. The Morgan fingerprint density at radius 2 is 2.17 bits per heavy atom. The van der Waals surface area contributed by atoms with Gasteiger partial charge in [0.1, 0.15) is 12.2 Å². The maximum Gasteiger partial charge on any atom is 0.333 e. The molecule has 4 heterocycles. The van der Waals surface area contributed by atoms with Crippen LogP contribution in [0.2, 0.25) is 0 Å². The summed E-state index contributed by atoms with van der Waals surface area (Å²) in [7, 11) is 1.66. The summed E-state index contributed by atoms with van der Waals surface area (Å²) in [4.78, 5) is 49.8. The van der Waals surface area contributed by atoms with Gasteiger partial charge in [-0.05, 0) is 40.8 Å². The van der Waals surface area contributed by atoms with Gasteiger partial charge in [-0.2, -0.15) is 5.01 Å². The molecule has 0 spiro atoms. The zero-order valence-electron chi connectivity index (χ0n) is 26.5. The van der Waals surface area contributed by atoms with Crippen LogP contribution in [0.1, 0.15) is 23.1 Å². The van der Waals surface area contributed by atoms with Crippen molar-refractivity contribution in [2.24, 2.45) is 0 Å². The van der Waals surface area contributed by atoms with Crippen LogP contribution in [-0.4, -0.2) is 94.2 Å². The Hall–Kier alpha value is -4.94. The van der Waals surface area contributed by atoms with E-state index in [4.69, 9.17) is 16.9 Å². The topological polar surface area (TPSA) is 148 Å². The average Bonchev–Trinajstić information content (AvgIpc) is 3.81. The minimum atomic E-state index is -0.789. The number of methoxy groups -OCH3 is 1. The van der Waals surface area contributed by atoms with Gasteiger partial charge in [-0.25, -0.2) is 20.2 Å². The van der Waals surface area contributed by atoms with E-state index >= 15 is 0 Å². The standard InChI is InChI=1S/C34H37N9O4S/c1-3-13-41(34(46)36-16-21-7-10-25(47-2)11-8-21)42-20-30(44)43-27(15-22-9-12-26-24(14-22)17-37-39-26)32(45)40(19-29(42)43)18-23-5-4-6-28-31(23)38-33(35)48-28/h1,4-10,12,14,25,27,29,37,39H,11,13,15-20H2,2H3,(H2,35,38)(H,36,46)/t25?,27-,29?/m0/s1. The molecule has 3 aliphatic heterocycles. The Balaban J connectivity index is 1.18. The largest absolute Gasteiger partial charge is 0.377 e. The van der Waals surface area contributed by atoms with Crippen LogP contribution >= 0.6 is 11.3 Å². The van der Waals surface area contributed by atoms with E-state index in [1.165, 1.54) is 16.3 Å². The summed E-state index contributed by atoms with van der Waals surface area (Å²) in [6.07, 6.45) is 12.1. The highest BCUT2D eigenvalue weighted by atomic mass is 32.1. The number of urea groups is 1. The lowest BCUT2D eigenvalue weighted by molar-refractivity contribution is -0.157. The van der Waals surface area contributed by atoms with Crippen LogP contribution < -0.4 is 21.9 Å². The van der Waals surface area contributed by atoms with Crippen molar-refractivity contribution in [1.29, 1.82) is 0 Å². The number of hydrazine groups is 2. The first-order valence-electron chi connectivity index (χ1n) is 15.8. The predicted octanol–water partition coefficient (Wildman–Crippen LogP) is 2.19. The molecule has 7 rings (SSSR count). The molecule has 0 bridgehead atoms. The number of nitrogens with zero attached hydrogens (tertiary/aromatic N) is 5. The number of piperazine rings is 1. The Kier molecular flexibility index (Phi) is 8.76. The minimum absolute atomic E-state index is 0.0129. The van der Waals surface area contributed by atoms with Gasteiger partial charge in [-0.1, -0.05) is 59.8 Å². The molecule has 4 amide bonds. The van der Waals surface area contributed by atoms with E-state index in [2.05, 4.69) is 33.1 Å². The SMILES string of the molecule is C#CCN(C(=O)NCC1=CCC(OC)C=C1)N1CC(=O)N2C1CN(Cc1cccc3sc(N)nc13)C(=O)[C@@H]2Cc1ccc2c(c1)CNN2. The number of carbonyl (C=O) groups excluding carboxylic acids is 3. The van der Waals surface area contributed by atoms with Crippen molar-refractivity contribution in [3.05, 3.63) is 76.9 Å². The van der Waals surface area contributed by atoms with Gasteiger partial charge >= 0.3 is 6.03 Å². The third-order valence-electron chi connectivity index (χ3n) is 9.22. The summed E-state index contributed by atoms with van der Waals surface area (Å²) in [6, 6.07) is 10.6. The number of nitrogens with two attached hydrogens (primary N) is 1. The number of nitrogen functional groups attached to an aromatic ring is 1. The highest BCUT2D eigenvalue weighted by Crippen LogP contribution is 2.33. The Labute approximate surface area is 282 Å². The van der Waals surface area contributed by atoms with Gasteiger partial charge in [0.2, 0.25) is 11.8 Å². The molecule has 2 unspecified atom stereocenters. The number of para-hydroxylation sites is 1. The van der Waals surface area contributed by atoms with Crippen LogP contribution in [0.15, 0.2) is 60.2 Å². The van der Waals surface area contributed by atoms with Crippen molar-refractivity contribution >= 4 is 50.2 Å². The number of thiazole rings is 1. The summed E-state index contributed by atoms with van der Waals surface area (Å²) < 4.78 is 6.30. The zero-order valence-corrected chi connectivity index (χ0v) is 27.3. The quantitative estimate of drug-likeness (QED) is 0.252. The van der Waals surface area contributed by atoms with Gasteiger partial charge in [0.25, 0.3) is 0 Å². The molecular weight excluding hydrogens is 630 g/mol. The number of nitrogens with one attached hydrogen (secondary N) is 3. The van der Waals surface area contributed by atoms with Crippen LogP contribution in [0.25, 0.3) is 10.2 Å². The number of rotatable bonds is 9. The fraction of sp³-hybridized carbons (Fsp3) is 0.353. The second-order valence-electron chi connectivity index (χ2n) is 12.2. The molecule has 5 N–H and O–H groups in total. The number of benzene rings is 2. The molecule has 0 radical (unpaired) electrons. The first-order valence-corrected chi connectivity index (χ1v) is 16.6. The second kappa shape index (κ2) is 13.3. The summed E-state index contributed by atoms with van der Waals surface area (Å²) in [5, 5.41) is 6.53. The van der Waals surface area contributed by atoms with Crippen LogP contribution in [0, 0.1) is 12.3 Å². The van der Waals surface area contributed by atoms with Crippen molar-refractivity contribution in [1.82, 2.24) is 35.5 Å². The van der Waals surface area contributed by atoms with Gasteiger partial charge in [0, 0.05) is 33.2 Å². The van der Waals surface area contributed by atoms with E-state index in [0.29, 0.717) is 31.1 Å². The highest BCUT2D eigenvalue weighted by molar-refractivity contribution is 7.22.